The van der Waals surface area contributed by atoms with E-state index in [2.05, 4.69) is 38.8 Å². The van der Waals surface area contributed by atoms with Gasteiger partial charge in [0.15, 0.2) is 0 Å². The molecule has 0 aromatic heterocycles. The molecule has 0 aliphatic carbocycles. The molecule has 0 atom stereocenters. The van der Waals surface area contributed by atoms with Gasteiger partial charge in [0.05, 0.1) is 0 Å². The number of allylic oxidation sites excluding steroid dienone is 2. The molecule has 0 saturated carbocycles. The fraction of sp³-hybridized carbons (Fsp3) is 0.700. The second-order valence-corrected chi connectivity index (χ2v) is 4.16. The summed E-state index contributed by atoms with van der Waals surface area (Å²) in [4.78, 5) is 3.90. The Morgan fingerprint density at radius 2 is 1.91 bits per heavy atom. The predicted molar refractivity (Wildman–Crippen MR) is 52.2 cm³/mol. The first kappa shape index (κ1) is 10.4. The van der Waals surface area contributed by atoms with Crippen LogP contribution in [0.5, 0.6) is 0 Å². The van der Waals surface area contributed by atoms with Crippen LogP contribution in [-0.2, 0) is 0 Å². The lowest BCUT2D eigenvalue weighted by molar-refractivity contribution is 0.410. The largest absolute Gasteiger partial charge is 0.297 e. The van der Waals surface area contributed by atoms with E-state index < -0.39 is 0 Å². The minimum atomic E-state index is 0.391. The standard InChI is InChI=1S/C10H19N/c1-9(6-7-11-5)8-10(2,3)4/h6-7H,8H2,1-5H3/b9-6+,11-7?. The van der Waals surface area contributed by atoms with E-state index in [9.17, 15) is 0 Å². The first-order valence-electron chi connectivity index (χ1n) is 4.03. The van der Waals surface area contributed by atoms with E-state index in [1.165, 1.54) is 5.57 Å². The lowest BCUT2D eigenvalue weighted by atomic mass is 9.88. The molecule has 0 N–H and O–H groups in total. The zero-order chi connectivity index (χ0) is 8.91. The fourth-order valence-corrected chi connectivity index (χ4v) is 1.10. The van der Waals surface area contributed by atoms with Gasteiger partial charge in [0.1, 0.15) is 0 Å². The quantitative estimate of drug-likeness (QED) is 0.541. The third kappa shape index (κ3) is 7.31. The fourth-order valence-electron chi connectivity index (χ4n) is 1.10. The molecule has 0 saturated heterocycles. The Kier molecular flexibility index (Phi) is 4.09. The summed E-state index contributed by atoms with van der Waals surface area (Å²) in [6.07, 6.45) is 5.06. The van der Waals surface area contributed by atoms with Crippen molar-refractivity contribution < 1.29 is 0 Å². The zero-order valence-corrected chi connectivity index (χ0v) is 8.31. The van der Waals surface area contributed by atoms with Crippen molar-refractivity contribution >= 4 is 6.21 Å². The van der Waals surface area contributed by atoms with Crippen LogP contribution < -0.4 is 0 Å². The Labute approximate surface area is 70.2 Å². The van der Waals surface area contributed by atoms with Gasteiger partial charge in [-0.15, -0.1) is 0 Å². The van der Waals surface area contributed by atoms with E-state index in [4.69, 9.17) is 0 Å². The Hall–Kier alpha value is -0.590. The van der Waals surface area contributed by atoms with Gasteiger partial charge in [0.25, 0.3) is 0 Å². The molecular formula is C10H19N. The van der Waals surface area contributed by atoms with Gasteiger partial charge in [-0.3, -0.25) is 4.99 Å². The van der Waals surface area contributed by atoms with Crippen molar-refractivity contribution in [3.05, 3.63) is 11.6 Å². The van der Waals surface area contributed by atoms with Crippen molar-refractivity contribution in [3.8, 4) is 0 Å². The van der Waals surface area contributed by atoms with Gasteiger partial charge in [-0.25, -0.2) is 0 Å². The average Bonchev–Trinajstić information content (AvgIpc) is 1.79. The van der Waals surface area contributed by atoms with Crippen molar-refractivity contribution in [1.29, 1.82) is 0 Å². The molecule has 0 aromatic rings. The summed E-state index contributed by atoms with van der Waals surface area (Å²) in [5, 5.41) is 0. The van der Waals surface area contributed by atoms with Crippen molar-refractivity contribution in [3.63, 3.8) is 0 Å². The summed E-state index contributed by atoms with van der Waals surface area (Å²) in [6.45, 7) is 8.88. The lowest BCUT2D eigenvalue weighted by Gasteiger charge is -2.17. The highest BCUT2D eigenvalue weighted by Crippen LogP contribution is 2.22. The molecule has 0 unspecified atom stereocenters. The number of nitrogens with zero attached hydrogens (tertiary/aromatic N) is 1. The Morgan fingerprint density at radius 1 is 1.36 bits per heavy atom. The van der Waals surface area contributed by atoms with Gasteiger partial charge >= 0.3 is 0 Å². The smallest absolute Gasteiger partial charge is 0.0277 e. The second kappa shape index (κ2) is 4.32. The molecule has 64 valence electrons. The highest BCUT2D eigenvalue weighted by Gasteiger charge is 2.09. The maximum Gasteiger partial charge on any atom is 0.0277 e. The average molecular weight is 153 g/mol. The zero-order valence-electron chi connectivity index (χ0n) is 8.31. The Morgan fingerprint density at radius 3 is 2.27 bits per heavy atom. The molecule has 0 aliphatic heterocycles. The highest BCUT2D eigenvalue weighted by atomic mass is 14.6. The van der Waals surface area contributed by atoms with Crippen molar-refractivity contribution in [2.24, 2.45) is 10.4 Å². The van der Waals surface area contributed by atoms with E-state index in [-0.39, 0.29) is 0 Å². The van der Waals surface area contributed by atoms with Gasteiger partial charge in [0.2, 0.25) is 0 Å². The maximum atomic E-state index is 3.90. The molecule has 11 heavy (non-hydrogen) atoms. The topological polar surface area (TPSA) is 12.4 Å². The summed E-state index contributed by atoms with van der Waals surface area (Å²) < 4.78 is 0. The minimum absolute atomic E-state index is 0.391. The number of rotatable bonds is 2. The summed E-state index contributed by atoms with van der Waals surface area (Å²) in [7, 11) is 1.79. The van der Waals surface area contributed by atoms with Crippen LogP contribution in [0.4, 0.5) is 0 Å². The van der Waals surface area contributed by atoms with Crippen LogP contribution in [0.3, 0.4) is 0 Å². The van der Waals surface area contributed by atoms with E-state index in [1.54, 1.807) is 7.05 Å². The third-order valence-electron chi connectivity index (χ3n) is 1.32. The van der Waals surface area contributed by atoms with E-state index >= 15 is 0 Å². The molecule has 0 amide bonds. The van der Waals surface area contributed by atoms with Crippen molar-refractivity contribution in [1.82, 2.24) is 0 Å². The van der Waals surface area contributed by atoms with Crippen LogP contribution in [-0.4, -0.2) is 13.3 Å². The molecule has 0 aromatic carbocycles. The van der Waals surface area contributed by atoms with E-state index in [0.717, 1.165) is 6.42 Å². The van der Waals surface area contributed by atoms with E-state index in [1.807, 2.05) is 6.21 Å². The van der Waals surface area contributed by atoms with E-state index in [0.29, 0.717) is 5.41 Å². The first-order chi connectivity index (χ1) is 4.95. The summed E-state index contributed by atoms with van der Waals surface area (Å²) >= 11 is 0. The molecule has 0 radical (unpaired) electrons. The second-order valence-electron chi connectivity index (χ2n) is 4.16. The summed E-state index contributed by atoms with van der Waals surface area (Å²) in [6, 6.07) is 0. The van der Waals surface area contributed by atoms with Crippen LogP contribution >= 0.6 is 0 Å². The van der Waals surface area contributed by atoms with Crippen molar-refractivity contribution in [2.75, 3.05) is 7.05 Å². The maximum absolute atomic E-state index is 3.90. The number of hydrogen-bond acceptors (Lipinski definition) is 1. The summed E-state index contributed by atoms with van der Waals surface area (Å²) in [5.74, 6) is 0. The molecule has 0 aliphatic rings. The van der Waals surface area contributed by atoms with Crippen LogP contribution in [0.25, 0.3) is 0 Å². The van der Waals surface area contributed by atoms with Crippen molar-refractivity contribution in [2.45, 2.75) is 34.1 Å². The summed E-state index contributed by atoms with van der Waals surface area (Å²) in [5.41, 5.74) is 1.78. The van der Waals surface area contributed by atoms with Gasteiger partial charge < -0.3 is 0 Å². The number of hydrogen-bond donors (Lipinski definition) is 0. The Bertz CT molecular complexity index is 158. The van der Waals surface area contributed by atoms with Crippen LogP contribution in [0.15, 0.2) is 16.6 Å². The molecule has 0 fully saturated rings. The molecular weight excluding hydrogens is 134 g/mol. The predicted octanol–water partition coefficient (Wildman–Crippen LogP) is 3.07. The van der Waals surface area contributed by atoms with Crippen LogP contribution in [0, 0.1) is 5.41 Å². The van der Waals surface area contributed by atoms with Crippen LogP contribution in [0.2, 0.25) is 0 Å². The monoisotopic (exact) mass is 153 g/mol. The third-order valence-corrected chi connectivity index (χ3v) is 1.32. The normalized spacial score (nSPS) is 14.5. The Balaban J connectivity index is 3.96. The molecule has 1 heteroatoms. The molecule has 1 nitrogen and oxygen atoms in total. The lowest BCUT2D eigenvalue weighted by Crippen LogP contribution is -2.04. The van der Waals surface area contributed by atoms with Gasteiger partial charge in [-0.1, -0.05) is 26.3 Å². The minimum Gasteiger partial charge on any atom is -0.297 e. The number of aliphatic imine (C=N–C) groups is 1. The molecule has 0 spiro atoms. The van der Waals surface area contributed by atoms with Gasteiger partial charge in [-0.05, 0) is 24.8 Å². The SMILES string of the molecule is CN=C/C=C(\C)CC(C)(C)C. The van der Waals surface area contributed by atoms with Gasteiger partial charge in [0, 0.05) is 13.3 Å². The molecule has 0 rings (SSSR count). The first-order valence-corrected chi connectivity index (χ1v) is 4.03. The molecule has 0 heterocycles. The van der Waals surface area contributed by atoms with Crippen LogP contribution in [0.1, 0.15) is 34.1 Å². The highest BCUT2D eigenvalue weighted by molar-refractivity contribution is 5.71. The van der Waals surface area contributed by atoms with Gasteiger partial charge in [-0.2, -0.15) is 0 Å². The molecule has 0 bridgehead atoms.